The van der Waals surface area contributed by atoms with E-state index >= 15 is 0 Å². The monoisotopic (exact) mass is 898 g/mol. The van der Waals surface area contributed by atoms with E-state index in [2.05, 4.69) is 214 Å². The molecule has 10 rings (SSSR count). The van der Waals surface area contributed by atoms with E-state index in [-0.39, 0.29) is 5.41 Å². The summed E-state index contributed by atoms with van der Waals surface area (Å²) in [6, 6.07) is 72.8. The molecule has 1 aliphatic rings. The zero-order valence-corrected chi connectivity index (χ0v) is 40.9. The molecule has 0 atom stereocenters. The fourth-order valence-corrected chi connectivity index (χ4v) is 11.3. The van der Waals surface area contributed by atoms with Gasteiger partial charge in [-0.1, -0.05) is 223 Å². The summed E-state index contributed by atoms with van der Waals surface area (Å²) >= 11 is 0. The first-order valence-electron chi connectivity index (χ1n) is 26.2. The molecule has 0 radical (unpaired) electrons. The molecule has 1 aliphatic carbocycles. The summed E-state index contributed by atoms with van der Waals surface area (Å²) in [5, 5.41) is 2.58. The fourth-order valence-electron chi connectivity index (χ4n) is 11.3. The Morgan fingerprint density at radius 1 is 0.333 bits per heavy atom. The minimum absolute atomic E-state index is 0.0267. The van der Waals surface area contributed by atoms with Crippen molar-refractivity contribution in [2.24, 2.45) is 0 Å². The Labute approximate surface area is 412 Å². The molecule has 0 saturated carbocycles. The Morgan fingerprint density at radius 3 is 1.46 bits per heavy atom. The van der Waals surface area contributed by atoms with Gasteiger partial charge in [0, 0.05) is 22.7 Å². The van der Waals surface area contributed by atoms with Crippen molar-refractivity contribution in [1.82, 2.24) is 4.98 Å². The van der Waals surface area contributed by atoms with Crippen LogP contribution in [0.5, 0.6) is 0 Å². The standard InChI is InChI=1S/C68H67N/c1-3-5-16-41-68(42-17-6-4-2)65-47-60(59-34-33-52-26-14-15-27-54(52)44-59)35-38-63(65)64-39-36-61(48-66(64)68)67-40-37-62(49-69-67)58-32-20-31-57(46-58)56-30-19-29-55(45-56)53-28-18-25-51(43-53)24-11-8-7-10-21-50-22-12-9-13-23-50/h9,12-15,18-20,22-23,25-40,43-49H,3-8,10-11,16-17,21,24,41-42H2,1-2H3. The highest BCUT2D eigenvalue weighted by Crippen LogP contribution is 2.56. The zero-order chi connectivity index (χ0) is 46.8. The molecule has 0 saturated heterocycles. The number of nitrogens with zero attached hydrogens (tertiary/aromatic N) is 1. The van der Waals surface area contributed by atoms with Crippen molar-refractivity contribution in [2.45, 2.75) is 109 Å². The van der Waals surface area contributed by atoms with Crippen molar-refractivity contribution in [2.75, 3.05) is 0 Å². The normalized spacial score (nSPS) is 12.6. The number of hydrogen-bond donors (Lipinski definition) is 0. The van der Waals surface area contributed by atoms with E-state index in [0.717, 1.165) is 17.7 Å². The minimum atomic E-state index is -0.0267. The first-order valence-corrected chi connectivity index (χ1v) is 26.2. The second-order valence-electron chi connectivity index (χ2n) is 19.8. The van der Waals surface area contributed by atoms with Crippen LogP contribution in [0.3, 0.4) is 0 Å². The Kier molecular flexibility index (Phi) is 14.4. The third-order valence-corrected chi connectivity index (χ3v) is 15.1. The van der Waals surface area contributed by atoms with Crippen LogP contribution >= 0.6 is 0 Å². The third-order valence-electron chi connectivity index (χ3n) is 15.1. The summed E-state index contributed by atoms with van der Waals surface area (Å²) in [6.45, 7) is 4.66. The van der Waals surface area contributed by atoms with Crippen LogP contribution in [-0.2, 0) is 18.3 Å². The topological polar surface area (TPSA) is 12.9 Å². The molecule has 1 heteroatoms. The number of fused-ring (bicyclic) bond motifs is 4. The maximum atomic E-state index is 5.19. The summed E-state index contributed by atoms with van der Waals surface area (Å²) < 4.78 is 0. The van der Waals surface area contributed by atoms with Crippen LogP contribution in [0.2, 0.25) is 0 Å². The van der Waals surface area contributed by atoms with Crippen LogP contribution in [0, 0.1) is 0 Å². The van der Waals surface area contributed by atoms with Gasteiger partial charge in [0.2, 0.25) is 0 Å². The van der Waals surface area contributed by atoms with E-state index in [1.54, 1.807) is 0 Å². The predicted molar refractivity (Wildman–Crippen MR) is 296 cm³/mol. The first kappa shape index (κ1) is 45.9. The highest BCUT2D eigenvalue weighted by molar-refractivity contribution is 5.90. The van der Waals surface area contributed by atoms with Crippen molar-refractivity contribution >= 4 is 10.8 Å². The summed E-state index contributed by atoms with van der Waals surface area (Å²) in [7, 11) is 0. The van der Waals surface area contributed by atoms with Gasteiger partial charge in [0.1, 0.15) is 0 Å². The van der Waals surface area contributed by atoms with Gasteiger partial charge in [-0.25, -0.2) is 0 Å². The zero-order valence-electron chi connectivity index (χ0n) is 40.9. The summed E-state index contributed by atoms with van der Waals surface area (Å²) in [4.78, 5) is 5.19. The molecule has 1 nitrogen and oxygen atoms in total. The molecule has 69 heavy (non-hydrogen) atoms. The SMILES string of the molecule is CCCCCC1(CCCCC)c2cc(-c3ccc4ccccc4c3)ccc2-c2ccc(-c3ccc(-c4cccc(-c5cccc(-c6cccc(CCCCCCc7ccccc7)c6)c5)c4)cn3)cc21. The number of benzene rings is 8. The molecule has 344 valence electrons. The van der Waals surface area contributed by atoms with Crippen LogP contribution in [0.4, 0.5) is 0 Å². The lowest BCUT2D eigenvalue weighted by atomic mass is 9.70. The third kappa shape index (κ3) is 10.3. The van der Waals surface area contributed by atoms with Crippen LogP contribution in [-0.4, -0.2) is 4.98 Å². The van der Waals surface area contributed by atoms with Gasteiger partial charge in [-0.2, -0.15) is 0 Å². The summed E-state index contributed by atoms with van der Waals surface area (Å²) in [5.41, 5.74) is 20.8. The van der Waals surface area contributed by atoms with Gasteiger partial charge < -0.3 is 0 Å². The Balaban J connectivity index is 0.876. The quantitative estimate of drug-likeness (QED) is 0.0695. The number of unbranched alkanes of at least 4 members (excludes halogenated alkanes) is 7. The molecule has 0 N–H and O–H groups in total. The molecule has 0 unspecified atom stereocenters. The highest BCUT2D eigenvalue weighted by atomic mass is 14.7. The van der Waals surface area contributed by atoms with Gasteiger partial charge in [-0.05, 0) is 158 Å². The second-order valence-corrected chi connectivity index (χ2v) is 19.8. The maximum Gasteiger partial charge on any atom is 0.0702 e. The average Bonchev–Trinajstić information content (AvgIpc) is 3.67. The van der Waals surface area contributed by atoms with Gasteiger partial charge >= 0.3 is 0 Å². The van der Waals surface area contributed by atoms with Gasteiger partial charge in [-0.15, -0.1) is 0 Å². The number of hydrogen-bond acceptors (Lipinski definition) is 1. The van der Waals surface area contributed by atoms with E-state index in [1.807, 2.05) is 0 Å². The van der Waals surface area contributed by atoms with Crippen molar-refractivity contribution in [3.05, 3.63) is 223 Å². The summed E-state index contributed by atoms with van der Waals surface area (Å²) in [6.07, 6.45) is 19.2. The minimum Gasteiger partial charge on any atom is -0.256 e. The van der Waals surface area contributed by atoms with Gasteiger partial charge in [0.05, 0.1) is 5.69 Å². The summed E-state index contributed by atoms with van der Waals surface area (Å²) in [5.74, 6) is 0. The van der Waals surface area contributed by atoms with Crippen molar-refractivity contribution in [3.8, 4) is 66.9 Å². The highest BCUT2D eigenvalue weighted by Gasteiger charge is 2.42. The van der Waals surface area contributed by atoms with Crippen LogP contribution in [0.25, 0.3) is 77.7 Å². The molecule has 8 aromatic carbocycles. The molecule has 0 spiro atoms. The number of aryl methyl sites for hydroxylation is 2. The molecular weight excluding hydrogens is 831 g/mol. The van der Waals surface area contributed by atoms with Crippen LogP contribution in [0.15, 0.2) is 200 Å². The van der Waals surface area contributed by atoms with E-state index in [0.29, 0.717) is 0 Å². The molecular formula is C68H67N. The Morgan fingerprint density at radius 2 is 0.826 bits per heavy atom. The fraction of sp³-hybridized carbons (Fsp3) is 0.250. The van der Waals surface area contributed by atoms with Gasteiger partial charge in [-0.3, -0.25) is 4.98 Å². The lowest BCUT2D eigenvalue weighted by Gasteiger charge is -2.33. The van der Waals surface area contributed by atoms with Crippen LogP contribution in [0.1, 0.15) is 113 Å². The van der Waals surface area contributed by atoms with Gasteiger partial charge in [0.15, 0.2) is 0 Å². The molecule has 0 aliphatic heterocycles. The van der Waals surface area contributed by atoms with Crippen molar-refractivity contribution in [1.29, 1.82) is 0 Å². The van der Waals surface area contributed by atoms with Crippen molar-refractivity contribution in [3.63, 3.8) is 0 Å². The van der Waals surface area contributed by atoms with E-state index in [9.17, 15) is 0 Å². The smallest absolute Gasteiger partial charge is 0.0702 e. The molecule has 9 aromatic rings. The van der Waals surface area contributed by atoms with E-state index in [4.69, 9.17) is 4.98 Å². The van der Waals surface area contributed by atoms with Crippen molar-refractivity contribution < 1.29 is 0 Å². The van der Waals surface area contributed by atoms with E-state index < -0.39 is 0 Å². The molecule has 0 bridgehead atoms. The average molecular weight is 898 g/mol. The maximum absolute atomic E-state index is 5.19. The lowest BCUT2D eigenvalue weighted by Crippen LogP contribution is -2.25. The lowest BCUT2D eigenvalue weighted by molar-refractivity contribution is 0.405. The number of rotatable bonds is 20. The first-order chi connectivity index (χ1) is 34.1. The predicted octanol–water partition coefficient (Wildman–Crippen LogP) is 19.3. The second kappa shape index (κ2) is 21.6. The van der Waals surface area contributed by atoms with Gasteiger partial charge in [0.25, 0.3) is 0 Å². The largest absolute Gasteiger partial charge is 0.256 e. The molecule has 1 heterocycles. The molecule has 0 fully saturated rings. The Hall–Kier alpha value is -6.83. The number of pyridine rings is 1. The molecule has 0 amide bonds. The number of aromatic nitrogens is 1. The van der Waals surface area contributed by atoms with E-state index in [1.165, 1.54) is 172 Å². The van der Waals surface area contributed by atoms with Crippen LogP contribution < -0.4 is 0 Å². The molecule has 1 aromatic heterocycles. The Bertz CT molecular complexity index is 3130.